The smallest absolute Gasteiger partial charge is 0.259 e. The molecule has 0 saturated heterocycles. The molecule has 2 aromatic carbocycles. The number of carbonyl (C=O) groups excluding carboxylic acids is 1. The van der Waals surface area contributed by atoms with E-state index in [1.54, 1.807) is 37.4 Å². The van der Waals surface area contributed by atoms with Gasteiger partial charge >= 0.3 is 0 Å². The highest BCUT2D eigenvalue weighted by Gasteiger charge is 2.17. The number of methoxy groups -OCH3 is 1. The van der Waals surface area contributed by atoms with Crippen LogP contribution in [0, 0.1) is 0 Å². The molecule has 0 saturated carbocycles. The molecule has 0 aromatic heterocycles. The molecule has 0 heterocycles. The van der Waals surface area contributed by atoms with Crippen LogP contribution in [0.3, 0.4) is 0 Å². The molecule has 0 atom stereocenters. The third kappa shape index (κ3) is 2.86. The number of ether oxygens (including phenoxy) is 1. The first-order valence-electron chi connectivity index (χ1n) is 5.93. The Balaban J connectivity index is 2.33. The van der Waals surface area contributed by atoms with Crippen molar-refractivity contribution in [2.75, 3.05) is 19.1 Å². The quantitative estimate of drug-likeness (QED) is 0.943. The molecule has 2 rings (SSSR count). The summed E-state index contributed by atoms with van der Waals surface area (Å²) in [6, 6.07) is 11.3. The number of phenolic OH excluding ortho intramolecular Hbond substituents is 1. The molecule has 2 aromatic rings. The maximum Gasteiger partial charge on any atom is 0.259 e. The minimum Gasteiger partial charge on any atom is -0.508 e. The molecule has 0 radical (unpaired) electrons. The lowest BCUT2D eigenvalue weighted by Crippen LogP contribution is -2.26. The van der Waals surface area contributed by atoms with E-state index >= 15 is 0 Å². The van der Waals surface area contributed by atoms with Crippen LogP contribution >= 0.6 is 11.6 Å². The summed E-state index contributed by atoms with van der Waals surface area (Å²) in [5.41, 5.74) is 1.02. The van der Waals surface area contributed by atoms with Gasteiger partial charge in [0.25, 0.3) is 5.91 Å². The fourth-order valence-electron chi connectivity index (χ4n) is 1.77. The van der Waals surface area contributed by atoms with E-state index in [4.69, 9.17) is 16.3 Å². The summed E-state index contributed by atoms with van der Waals surface area (Å²) >= 11 is 6.06. The van der Waals surface area contributed by atoms with Gasteiger partial charge in [0.15, 0.2) is 0 Å². The van der Waals surface area contributed by atoms with Gasteiger partial charge in [-0.25, -0.2) is 0 Å². The fraction of sp³-hybridized carbons (Fsp3) is 0.133. The minimum absolute atomic E-state index is 0.147. The monoisotopic (exact) mass is 291 g/mol. The normalized spacial score (nSPS) is 10.2. The van der Waals surface area contributed by atoms with E-state index in [0.717, 1.165) is 0 Å². The Bertz CT molecular complexity index is 626. The number of hydrogen-bond acceptors (Lipinski definition) is 3. The number of phenols is 1. The highest BCUT2D eigenvalue weighted by atomic mass is 35.5. The number of nitrogens with zero attached hydrogens (tertiary/aromatic N) is 1. The van der Waals surface area contributed by atoms with Crippen LogP contribution in [0.4, 0.5) is 5.69 Å². The molecular weight excluding hydrogens is 278 g/mol. The summed E-state index contributed by atoms with van der Waals surface area (Å²) in [6.07, 6.45) is 0. The number of aromatic hydroxyl groups is 1. The molecule has 0 unspecified atom stereocenters. The predicted molar refractivity (Wildman–Crippen MR) is 78.8 cm³/mol. The maximum atomic E-state index is 12.4. The van der Waals surface area contributed by atoms with Crippen LogP contribution in [0.15, 0.2) is 42.5 Å². The Kier molecular flexibility index (Phi) is 4.15. The second kappa shape index (κ2) is 5.84. The lowest BCUT2D eigenvalue weighted by atomic mass is 10.1. The second-order valence-electron chi connectivity index (χ2n) is 4.23. The van der Waals surface area contributed by atoms with E-state index in [-0.39, 0.29) is 11.7 Å². The molecule has 20 heavy (non-hydrogen) atoms. The number of carbonyl (C=O) groups is 1. The third-order valence-electron chi connectivity index (χ3n) is 2.95. The standard InChI is InChI=1S/C15H14ClNO3/c1-17(10-3-5-11(18)6-4-10)15(19)13-9-12(20-2)7-8-14(13)16/h3-9,18H,1-2H3. The van der Waals surface area contributed by atoms with Crippen LogP contribution in [0.2, 0.25) is 5.02 Å². The summed E-state index contributed by atoms with van der Waals surface area (Å²) in [5.74, 6) is 0.463. The van der Waals surface area contributed by atoms with Crippen LogP contribution in [-0.2, 0) is 0 Å². The summed E-state index contributed by atoms with van der Waals surface area (Å²) in [4.78, 5) is 13.9. The van der Waals surface area contributed by atoms with Crippen molar-refractivity contribution in [3.63, 3.8) is 0 Å². The van der Waals surface area contributed by atoms with Crippen molar-refractivity contribution in [2.45, 2.75) is 0 Å². The van der Waals surface area contributed by atoms with Crippen molar-refractivity contribution in [1.82, 2.24) is 0 Å². The summed E-state index contributed by atoms with van der Waals surface area (Å²) in [6.45, 7) is 0. The Hall–Kier alpha value is -2.20. The van der Waals surface area contributed by atoms with Gasteiger partial charge < -0.3 is 14.7 Å². The first kappa shape index (κ1) is 14.2. The first-order chi connectivity index (χ1) is 9.52. The zero-order valence-electron chi connectivity index (χ0n) is 11.1. The minimum atomic E-state index is -0.250. The first-order valence-corrected chi connectivity index (χ1v) is 6.31. The Labute approximate surface area is 122 Å². The number of halogens is 1. The van der Waals surface area contributed by atoms with Gasteiger partial charge in [-0.2, -0.15) is 0 Å². The molecule has 5 heteroatoms. The highest BCUT2D eigenvalue weighted by molar-refractivity contribution is 6.34. The molecule has 4 nitrogen and oxygen atoms in total. The molecule has 1 amide bonds. The number of hydrogen-bond donors (Lipinski definition) is 1. The Morgan fingerprint density at radius 3 is 2.45 bits per heavy atom. The van der Waals surface area contributed by atoms with Crippen molar-refractivity contribution in [3.05, 3.63) is 53.1 Å². The van der Waals surface area contributed by atoms with E-state index in [2.05, 4.69) is 0 Å². The number of anilines is 1. The predicted octanol–water partition coefficient (Wildman–Crippen LogP) is 3.33. The molecule has 0 aliphatic heterocycles. The van der Waals surface area contributed by atoms with Crippen molar-refractivity contribution < 1.29 is 14.6 Å². The summed E-state index contributed by atoms with van der Waals surface area (Å²) in [5, 5.41) is 9.63. The molecule has 0 aliphatic rings. The van der Waals surface area contributed by atoms with Crippen molar-refractivity contribution in [2.24, 2.45) is 0 Å². The van der Waals surface area contributed by atoms with Crippen molar-refractivity contribution in [1.29, 1.82) is 0 Å². The van der Waals surface area contributed by atoms with Crippen molar-refractivity contribution in [3.8, 4) is 11.5 Å². The van der Waals surface area contributed by atoms with Crippen molar-refractivity contribution >= 4 is 23.2 Å². The van der Waals surface area contributed by atoms with Gasteiger partial charge in [0.2, 0.25) is 0 Å². The van der Waals surface area contributed by atoms with Gasteiger partial charge in [-0.1, -0.05) is 11.6 Å². The number of benzene rings is 2. The summed E-state index contributed by atoms with van der Waals surface area (Å²) < 4.78 is 5.10. The average molecular weight is 292 g/mol. The molecule has 0 aliphatic carbocycles. The highest BCUT2D eigenvalue weighted by Crippen LogP contribution is 2.25. The maximum absolute atomic E-state index is 12.4. The fourth-order valence-corrected chi connectivity index (χ4v) is 1.97. The lowest BCUT2D eigenvalue weighted by Gasteiger charge is -2.18. The van der Waals surface area contributed by atoms with Gasteiger partial charge in [-0.3, -0.25) is 4.79 Å². The van der Waals surface area contributed by atoms with E-state index in [0.29, 0.717) is 22.0 Å². The number of rotatable bonds is 3. The van der Waals surface area contributed by atoms with Crippen LogP contribution < -0.4 is 9.64 Å². The van der Waals surface area contributed by atoms with E-state index in [1.807, 2.05) is 0 Å². The zero-order valence-corrected chi connectivity index (χ0v) is 11.9. The van der Waals surface area contributed by atoms with Crippen LogP contribution in [0.25, 0.3) is 0 Å². The molecule has 0 fully saturated rings. The van der Waals surface area contributed by atoms with Gasteiger partial charge in [0, 0.05) is 12.7 Å². The second-order valence-corrected chi connectivity index (χ2v) is 4.63. The molecule has 0 bridgehead atoms. The SMILES string of the molecule is COc1ccc(Cl)c(C(=O)N(C)c2ccc(O)cc2)c1. The molecule has 1 N–H and O–H groups in total. The van der Waals surface area contributed by atoms with Gasteiger partial charge in [-0.15, -0.1) is 0 Å². The Morgan fingerprint density at radius 1 is 1.20 bits per heavy atom. The van der Waals surface area contributed by atoms with Gasteiger partial charge in [0.1, 0.15) is 11.5 Å². The third-order valence-corrected chi connectivity index (χ3v) is 3.28. The number of amides is 1. The van der Waals surface area contributed by atoms with Gasteiger partial charge in [-0.05, 0) is 42.5 Å². The topological polar surface area (TPSA) is 49.8 Å². The zero-order chi connectivity index (χ0) is 14.7. The van der Waals surface area contributed by atoms with Gasteiger partial charge in [0.05, 0.1) is 17.7 Å². The largest absolute Gasteiger partial charge is 0.508 e. The average Bonchev–Trinajstić information content (AvgIpc) is 2.47. The van der Waals surface area contributed by atoms with Crippen LogP contribution in [0.5, 0.6) is 11.5 Å². The van der Waals surface area contributed by atoms with E-state index in [1.165, 1.54) is 24.1 Å². The molecule has 0 spiro atoms. The van der Waals surface area contributed by atoms with Crippen LogP contribution in [0.1, 0.15) is 10.4 Å². The van der Waals surface area contributed by atoms with E-state index in [9.17, 15) is 9.90 Å². The Morgan fingerprint density at radius 2 is 1.85 bits per heavy atom. The summed E-state index contributed by atoms with van der Waals surface area (Å²) in [7, 11) is 3.17. The lowest BCUT2D eigenvalue weighted by molar-refractivity contribution is 0.0993. The molecular formula is C15H14ClNO3. The molecule has 104 valence electrons. The van der Waals surface area contributed by atoms with E-state index < -0.39 is 0 Å². The van der Waals surface area contributed by atoms with Crippen LogP contribution in [-0.4, -0.2) is 25.2 Å².